The zero-order chi connectivity index (χ0) is 8.32. The predicted molar refractivity (Wildman–Crippen MR) is 34.0 cm³/mol. The first-order chi connectivity index (χ1) is 5.08. The van der Waals surface area contributed by atoms with E-state index in [1.807, 2.05) is 0 Å². The van der Waals surface area contributed by atoms with Crippen molar-refractivity contribution in [3.05, 3.63) is 24.5 Å². The van der Waals surface area contributed by atoms with Crippen molar-refractivity contribution in [1.29, 1.82) is 0 Å². The smallest absolute Gasteiger partial charge is 0.748 e. The molecule has 0 radical (unpaired) electrons. The van der Waals surface area contributed by atoms with Gasteiger partial charge in [0, 0.05) is 0 Å². The van der Waals surface area contributed by atoms with Crippen LogP contribution < -0.4 is 51.4 Å². The van der Waals surface area contributed by atoms with Gasteiger partial charge in [0.2, 0.25) is 0 Å². The van der Waals surface area contributed by atoms with Crippen LogP contribution in [-0.4, -0.2) is 18.7 Å². The molecule has 62 valence electrons. The summed E-state index contributed by atoms with van der Waals surface area (Å²) in [5.74, 6) is -0.695. The van der Waals surface area contributed by atoms with Crippen molar-refractivity contribution in [2.75, 3.05) is 5.75 Å². The van der Waals surface area contributed by atoms with Gasteiger partial charge >= 0.3 is 51.4 Å². The summed E-state index contributed by atoms with van der Waals surface area (Å²) in [5, 5.41) is 0. The quantitative estimate of drug-likeness (QED) is 0.361. The summed E-state index contributed by atoms with van der Waals surface area (Å²) >= 11 is 0. The Morgan fingerprint density at radius 2 is 2.08 bits per heavy atom. The zero-order valence-corrected chi connectivity index (χ0v) is 10.3. The maximum absolute atomic E-state index is 10.1. The van der Waals surface area contributed by atoms with E-state index in [0.29, 0.717) is 0 Å². The van der Waals surface area contributed by atoms with Crippen LogP contribution in [-0.2, 0) is 19.6 Å². The van der Waals surface area contributed by atoms with Gasteiger partial charge in [-0.15, -0.1) is 0 Å². The van der Waals surface area contributed by atoms with E-state index in [1.165, 1.54) is 6.26 Å². The molecule has 1 aliphatic heterocycles. The van der Waals surface area contributed by atoms with Crippen LogP contribution in [0, 0.1) is 0 Å². The maximum Gasteiger partial charge on any atom is 1.00 e. The van der Waals surface area contributed by atoms with Gasteiger partial charge < -0.3 is 14.0 Å². The summed E-state index contributed by atoms with van der Waals surface area (Å²) in [6.45, 7) is 0. The molecule has 12 heavy (non-hydrogen) atoms. The van der Waals surface area contributed by atoms with Gasteiger partial charge in [0.15, 0.2) is 5.76 Å². The molecular weight excluding hydrogens is 211 g/mol. The number of hydrogen-bond donors (Lipinski definition) is 0. The van der Waals surface area contributed by atoms with Gasteiger partial charge in [-0.2, -0.15) is 0 Å². The minimum absolute atomic E-state index is 0. The molecule has 7 heteroatoms. The van der Waals surface area contributed by atoms with Crippen molar-refractivity contribution in [2.45, 2.75) is 0 Å². The van der Waals surface area contributed by atoms with E-state index in [9.17, 15) is 13.0 Å². The molecule has 0 fully saturated rings. The second-order valence-electron chi connectivity index (χ2n) is 1.81. The Labute approximate surface area is 113 Å². The molecule has 1 rings (SSSR count). The largest absolute Gasteiger partial charge is 1.00 e. The standard InChI is InChI=1S/C5H6O5S.K/c6-11(7,8)4-5-3-9-1-2-10-5;/h1-3H,4H2,(H,6,7,8);/q;+1/p-1. The normalized spacial score (nSPS) is 15.2. The van der Waals surface area contributed by atoms with Crippen molar-refractivity contribution < 1.29 is 73.8 Å². The average molecular weight is 216 g/mol. The Kier molecular flexibility index (Phi) is 5.66. The fourth-order valence-electron chi connectivity index (χ4n) is 0.532. The third-order valence-corrected chi connectivity index (χ3v) is 1.51. The van der Waals surface area contributed by atoms with Crippen molar-refractivity contribution in [2.24, 2.45) is 0 Å². The fourth-order valence-corrected chi connectivity index (χ4v) is 1.02. The van der Waals surface area contributed by atoms with Gasteiger partial charge in [-0.3, -0.25) is 0 Å². The van der Waals surface area contributed by atoms with Gasteiger partial charge in [0.25, 0.3) is 0 Å². The molecule has 1 aliphatic rings. The minimum Gasteiger partial charge on any atom is -0.748 e. The van der Waals surface area contributed by atoms with Crippen LogP contribution in [0.1, 0.15) is 0 Å². The number of ether oxygens (including phenoxy) is 2. The Bertz CT molecular complexity index is 291. The van der Waals surface area contributed by atoms with E-state index >= 15 is 0 Å². The van der Waals surface area contributed by atoms with Gasteiger partial charge in [0.1, 0.15) is 28.9 Å². The maximum atomic E-state index is 10.1. The Morgan fingerprint density at radius 1 is 1.42 bits per heavy atom. The molecule has 1 heterocycles. The van der Waals surface area contributed by atoms with Crippen LogP contribution >= 0.6 is 0 Å². The van der Waals surface area contributed by atoms with Crippen LogP contribution in [0.25, 0.3) is 0 Å². The van der Waals surface area contributed by atoms with Crippen molar-refractivity contribution in [3.63, 3.8) is 0 Å². The second-order valence-corrected chi connectivity index (χ2v) is 3.22. The van der Waals surface area contributed by atoms with E-state index in [2.05, 4.69) is 9.47 Å². The topological polar surface area (TPSA) is 75.7 Å². The van der Waals surface area contributed by atoms with Crippen molar-refractivity contribution in [3.8, 4) is 0 Å². The molecule has 0 bridgehead atoms. The molecule has 0 aromatic heterocycles. The predicted octanol–water partition coefficient (Wildman–Crippen LogP) is -3.10. The van der Waals surface area contributed by atoms with Crippen molar-refractivity contribution >= 4 is 10.1 Å². The molecule has 0 saturated carbocycles. The first-order valence-corrected chi connectivity index (χ1v) is 4.25. The molecule has 0 aromatic carbocycles. The Balaban J connectivity index is 0.00000121. The first kappa shape index (κ1) is 12.6. The Hall–Kier alpha value is 0.626. The fraction of sp³-hybridized carbons (Fsp3) is 0.200. The van der Waals surface area contributed by atoms with Crippen LogP contribution in [0.4, 0.5) is 0 Å². The SMILES string of the molecule is O=S(=O)([O-])CC1=COC=CO1.[K+]. The number of hydrogen-bond acceptors (Lipinski definition) is 5. The van der Waals surface area contributed by atoms with Gasteiger partial charge in [-0.1, -0.05) is 0 Å². The molecule has 0 atom stereocenters. The van der Waals surface area contributed by atoms with Gasteiger partial charge in [0.05, 0.1) is 5.75 Å². The molecular formula is C5H5KO5S. The molecule has 0 N–H and O–H groups in total. The molecule has 0 aromatic rings. The van der Waals surface area contributed by atoms with Crippen LogP contribution in [0.5, 0.6) is 0 Å². The number of rotatable bonds is 2. The van der Waals surface area contributed by atoms with E-state index in [0.717, 1.165) is 12.5 Å². The first-order valence-electron chi connectivity index (χ1n) is 2.68. The Morgan fingerprint density at radius 3 is 2.50 bits per heavy atom. The summed E-state index contributed by atoms with van der Waals surface area (Å²) in [4.78, 5) is 0. The second kappa shape index (κ2) is 5.38. The summed E-state index contributed by atoms with van der Waals surface area (Å²) in [6.07, 6.45) is 3.44. The summed E-state index contributed by atoms with van der Waals surface area (Å²) in [7, 11) is -4.28. The monoisotopic (exact) mass is 216 g/mol. The molecule has 0 saturated heterocycles. The molecule has 0 unspecified atom stereocenters. The van der Waals surface area contributed by atoms with Crippen LogP contribution in [0.15, 0.2) is 24.5 Å². The third-order valence-electron chi connectivity index (χ3n) is 0.872. The summed E-state index contributed by atoms with van der Waals surface area (Å²) in [5.41, 5.74) is 0. The molecule has 5 nitrogen and oxygen atoms in total. The van der Waals surface area contributed by atoms with E-state index in [-0.39, 0.29) is 57.1 Å². The van der Waals surface area contributed by atoms with E-state index in [4.69, 9.17) is 0 Å². The average Bonchev–Trinajstić information content (AvgIpc) is 1.85. The molecule has 0 aliphatic carbocycles. The van der Waals surface area contributed by atoms with E-state index < -0.39 is 15.9 Å². The summed E-state index contributed by atoms with van der Waals surface area (Å²) in [6, 6.07) is 0. The molecule has 0 amide bonds. The van der Waals surface area contributed by atoms with Crippen LogP contribution in [0.2, 0.25) is 0 Å². The van der Waals surface area contributed by atoms with Gasteiger partial charge in [-0.25, -0.2) is 8.42 Å². The van der Waals surface area contributed by atoms with Crippen molar-refractivity contribution in [1.82, 2.24) is 0 Å². The third kappa shape index (κ3) is 5.30. The van der Waals surface area contributed by atoms with Crippen LogP contribution in [0.3, 0.4) is 0 Å². The summed E-state index contributed by atoms with van der Waals surface area (Å²) < 4.78 is 39.6. The van der Waals surface area contributed by atoms with Gasteiger partial charge in [-0.05, 0) is 0 Å². The zero-order valence-electron chi connectivity index (χ0n) is 6.39. The molecule has 0 spiro atoms. The van der Waals surface area contributed by atoms with E-state index in [1.54, 1.807) is 0 Å². The minimum atomic E-state index is -4.28.